The number of benzene rings is 1. The Labute approximate surface area is 76.3 Å². The molecule has 2 N–H and O–H groups in total. The minimum atomic E-state index is -0.516. The minimum Gasteiger partial charge on any atom is -0.393 e. The molecule has 2 aromatic rings. The molecule has 0 saturated carbocycles. The van der Waals surface area contributed by atoms with Crippen LogP contribution in [0.25, 0.3) is 10.2 Å². The first-order chi connectivity index (χ1) is 6.20. The number of nitro groups is 1. The Morgan fingerprint density at radius 1 is 1.54 bits per heavy atom. The SMILES string of the molecule is Nc1ccc2nnsc2c1[N+](=O)[O-]. The van der Waals surface area contributed by atoms with Gasteiger partial charge in [0.15, 0.2) is 4.70 Å². The van der Waals surface area contributed by atoms with Gasteiger partial charge in [-0.05, 0) is 23.7 Å². The van der Waals surface area contributed by atoms with Crippen LogP contribution in [-0.2, 0) is 0 Å². The zero-order valence-corrected chi connectivity index (χ0v) is 7.11. The molecule has 0 amide bonds. The van der Waals surface area contributed by atoms with Crippen LogP contribution in [0.3, 0.4) is 0 Å². The van der Waals surface area contributed by atoms with Crippen molar-refractivity contribution in [1.29, 1.82) is 0 Å². The number of nitrogens with two attached hydrogens (primary N) is 1. The van der Waals surface area contributed by atoms with Crippen molar-refractivity contribution < 1.29 is 4.92 Å². The van der Waals surface area contributed by atoms with Crippen LogP contribution < -0.4 is 5.73 Å². The molecule has 66 valence electrons. The molecule has 2 rings (SSSR count). The van der Waals surface area contributed by atoms with Crippen LogP contribution in [0.2, 0.25) is 0 Å². The molecular weight excluding hydrogens is 192 g/mol. The molecule has 0 bridgehead atoms. The summed E-state index contributed by atoms with van der Waals surface area (Å²) in [6.07, 6.45) is 0. The van der Waals surface area contributed by atoms with Gasteiger partial charge in [0.2, 0.25) is 0 Å². The Morgan fingerprint density at radius 2 is 2.31 bits per heavy atom. The van der Waals surface area contributed by atoms with Gasteiger partial charge in [-0.1, -0.05) is 4.49 Å². The highest BCUT2D eigenvalue weighted by atomic mass is 32.1. The smallest absolute Gasteiger partial charge is 0.313 e. The molecule has 0 aliphatic rings. The van der Waals surface area contributed by atoms with Crippen molar-refractivity contribution in [1.82, 2.24) is 9.59 Å². The quantitative estimate of drug-likeness (QED) is 0.419. The number of hydrogen-bond acceptors (Lipinski definition) is 6. The Hall–Kier alpha value is -1.76. The van der Waals surface area contributed by atoms with E-state index in [-0.39, 0.29) is 11.4 Å². The number of hydrogen-bond donors (Lipinski definition) is 1. The summed E-state index contributed by atoms with van der Waals surface area (Å²) < 4.78 is 4.04. The lowest BCUT2D eigenvalue weighted by atomic mass is 10.2. The molecule has 0 radical (unpaired) electrons. The van der Waals surface area contributed by atoms with Crippen LogP contribution in [0, 0.1) is 10.1 Å². The molecule has 7 heteroatoms. The average Bonchev–Trinajstić information content (AvgIpc) is 2.50. The van der Waals surface area contributed by atoms with Crippen molar-refractivity contribution in [3.63, 3.8) is 0 Å². The van der Waals surface area contributed by atoms with Gasteiger partial charge < -0.3 is 5.73 Å². The fraction of sp³-hybridized carbons (Fsp3) is 0. The van der Waals surface area contributed by atoms with Crippen molar-refractivity contribution in [3.8, 4) is 0 Å². The van der Waals surface area contributed by atoms with Gasteiger partial charge in [-0.2, -0.15) is 0 Å². The predicted molar refractivity (Wildman–Crippen MR) is 48.5 cm³/mol. The van der Waals surface area contributed by atoms with Crippen molar-refractivity contribution in [2.45, 2.75) is 0 Å². The zero-order chi connectivity index (χ0) is 9.42. The summed E-state index contributed by atoms with van der Waals surface area (Å²) in [5.74, 6) is 0. The summed E-state index contributed by atoms with van der Waals surface area (Å²) in [4.78, 5) is 10.1. The highest BCUT2D eigenvalue weighted by Crippen LogP contribution is 2.32. The lowest BCUT2D eigenvalue weighted by Crippen LogP contribution is -1.95. The van der Waals surface area contributed by atoms with Gasteiger partial charge >= 0.3 is 5.69 Å². The monoisotopic (exact) mass is 196 g/mol. The Bertz CT molecular complexity index is 480. The molecule has 13 heavy (non-hydrogen) atoms. The van der Waals surface area contributed by atoms with Crippen LogP contribution in [0.15, 0.2) is 12.1 Å². The van der Waals surface area contributed by atoms with Gasteiger partial charge in [0.25, 0.3) is 0 Å². The van der Waals surface area contributed by atoms with Gasteiger partial charge in [0, 0.05) is 0 Å². The summed E-state index contributed by atoms with van der Waals surface area (Å²) in [6.45, 7) is 0. The number of nitrogens with zero attached hydrogens (tertiary/aromatic N) is 3. The van der Waals surface area contributed by atoms with Crippen LogP contribution >= 0.6 is 11.5 Å². The first-order valence-corrected chi connectivity index (χ1v) is 4.12. The fourth-order valence-electron chi connectivity index (χ4n) is 1.04. The molecule has 1 heterocycles. The largest absolute Gasteiger partial charge is 0.393 e. The van der Waals surface area contributed by atoms with Crippen molar-refractivity contribution in [2.75, 3.05) is 5.73 Å². The molecule has 6 nitrogen and oxygen atoms in total. The number of rotatable bonds is 1. The molecular formula is C6H4N4O2S. The van der Waals surface area contributed by atoms with E-state index in [1.165, 1.54) is 6.07 Å². The zero-order valence-electron chi connectivity index (χ0n) is 6.30. The Kier molecular flexibility index (Phi) is 1.59. The Balaban J connectivity index is 2.88. The number of anilines is 1. The minimum absolute atomic E-state index is 0.104. The third kappa shape index (κ3) is 1.09. The first-order valence-electron chi connectivity index (χ1n) is 3.35. The van der Waals surface area contributed by atoms with E-state index < -0.39 is 4.92 Å². The molecule has 0 atom stereocenters. The summed E-state index contributed by atoms with van der Waals surface area (Å²) >= 11 is 0.974. The topological polar surface area (TPSA) is 94.9 Å². The van der Waals surface area contributed by atoms with Gasteiger partial charge in [0.1, 0.15) is 11.2 Å². The second-order valence-electron chi connectivity index (χ2n) is 2.38. The van der Waals surface area contributed by atoms with E-state index in [2.05, 4.69) is 9.59 Å². The third-order valence-electron chi connectivity index (χ3n) is 1.61. The molecule has 1 aromatic carbocycles. The maximum absolute atomic E-state index is 10.6. The van der Waals surface area contributed by atoms with Gasteiger partial charge in [-0.15, -0.1) is 5.10 Å². The Morgan fingerprint density at radius 3 is 3.00 bits per heavy atom. The van der Waals surface area contributed by atoms with Gasteiger partial charge in [-0.3, -0.25) is 10.1 Å². The van der Waals surface area contributed by atoms with E-state index in [9.17, 15) is 10.1 Å². The summed E-state index contributed by atoms with van der Waals surface area (Å²) in [5.41, 5.74) is 6.00. The number of nitro benzene ring substituents is 1. The number of aromatic nitrogens is 2. The van der Waals surface area contributed by atoms with E-state index >= 15 is 0 Å². The van der Waals surface area contributed by atoms with Crippen molar-refractivity contribution in [2.24, 2.45) is 0 Å². The summed E-state index contributed by atoms with van der Waals surface area (Å²) in [5, 5.41) is 14.3. The fourth-order valence-corrected chi connectivity index (χ4v) is 1.73. The van der Waals surface area contributed by atoms with E-state index in [4.69, 9.17) is 5.73 Å². The normalized spacial score (nSPS) is 10.5. The second-order valence-corrected chi connectivity index (χ2v) is 3.14. The molecule has 0 fully saturated rings. The molecule has 0 saturated heterocycles. The van der Waals surface area contributed by atoms with E-state index in [0.29, 0.717) is 10.2 Å². The molecule has 0 unspecified atom stereocenters. The van der Waals surface area contributed by atoms with Crippen molar-refractivity contribution in [3.05, 3.63) is 22.2 Å². The van der Waals surface area contributed by atoms with E-state index in [1.54, 1.807) is 6.07 Å². The van der Waals surface area contributed by atoms with Crippen molar-refractivity contribution >= 4 is 33.1 Å². The third-order valence-corrected chi connectivity index (χ3v) is 2.35. The van der Waals surface area contributed by atoms with Gasteiger partial charge in [-0.25, -0.2) is 0 Å². The van der Waals surface area contributed by atoms with Gasteiger partial charge in [0.05, 0.1) is 4.92 Å². The standard InChI is InChI=1S/C6H4N4O2S/c7-3-1-2-4-6(13-9-8-4)5(3)10(11)12/h1-2H,7H2. The number of fused-ring (bicyclic) bond motifs is 1. The maximum Gasteiger partial charge on any atom is 0.313 e. The average molecular weight is 196 g/mol. The molecule has 0 aliphatic carbocycles. The highest BCUT2D eigenvalue weighted by molar-refractivity contribution is 7.13. The second kappa shape index (κ2) is 2.63. The number of nitrogen functional groups attached to an aromatic ring is 1. The lowest BCUT2D eigenvalue weighted by molar-refractivity contribution is -0.381. The van der Waals surface area contributed by atoms with Crippen LogP contribution in [0.1, 0.15) is 0 Å². The van der Waals surface area contributed by atoms with Crippen LogP contribution in [0.5, 0.6) is 0 Å². The molecule has 0 aliphatic heterocycles. The predicted octanol–water partition coefficient (Wildman–Crippen LogP) is 1.18. The van der Waals surface area contributed by atoms with Crippen LogP contribution in [-0.4, -0.2) is 14.5 Å². The van der Waals surface area contributed by atoms with E-state index in [1.807, 2.05) is 0 Å². The highest BCUT2D eigenvalue weighted by Gasteiger charge is 2.18. The summed E-state index contributed by atoms with van der Waals surface area (Å²) in [7, 11) is 0. The lowest BCUT2D eigenvalue weighted by Gasteiger charge is -1.95. The van der Waals surface area contributed by atoms with Crippen LogP contribution in [0.4, 0.5) is 11.4 Å². The molecule has 1 aromatic heterocycles. The maximum atomic E-state index is 10.6. The summed E-state index contributed by atoms with van der Waals surface area (Å²) in [6, 6.07) is 3.07. The molecule has 0 spiro atoms. The first kappa shape index (κ1) is 7.87. The van der Waals surface area contributed by atoms with E-state index in [0.717, 1.165) is 11.5 Å².